The van der Waals surface area contributed by atoms with Gasteiger partial charge in [-0.15, -0.1) is 0 Å². The van der Waals surface area contributed by atoms with Gasteiger partial charge < -0.3 is 25.1 Å². The number of rotatable bonds is 20. The molecular formula is C22H39NNa2O4. The van der Waals surface area contributed by atoms with E-state index in [1.54, 1.807) is 0 Å². The molecule has 0 saturated heterocycles. The number of carboxylic acid groups (broad SMARTS) is 2. The summed E-state index contributed by atoms with van der Waals surface area (Å²) in [6, 6.07) is -1.15. The first kappa shape index (κ1) is 34.3. The van der Waals surface area contributed by atoms with Crippen molar-refractivity contribution >= 4 is 11.9 Å². The van der Waals surface area contributed by atoms with Crippen LogP contribution < -0.4 is 74.6 Å². The number of carbonyl (C=O) groups excluding carboxylic acids is 2. The van der Waals surface area contributed by atoms with Gasteiger partial charge in [-0.2, -0.15) is 0 Å². The molecule has 0 amide bonds. The van der Waals surface area contributed by atoms with Crippen LogP contribution in [-0.2, 0) is 9.59 Å². The van der Waals surface area contributed by atoms with Crippen molar-refractivity contribution in [2.45, 2.75) is 109 Å². The van der Waals surface area contributed by atoms with Crippen molar-refractivity contribution in [1.82, 2.24) is 5.32 Å². The van der Waals surface area contributed by atoms with Crippen molar-refractivity contribution in [1.29, 1.82) is 0 Å². The number of unbranched alkanes of at least 4 members (excludes halogenated alkanes) is 12. The van der Waals surface area contributed by atoms with Crippen molar-refractivity contribution in [3.63, 3.8) is 0 Å². The maximum absolute atomic E-state index is 10.8. The number of aliphatic carboxylic acids is 2. The van der Waals surface area contributed by atoms with Crippen molar-refractivity contribution in [3.8, 4) is 0 Å². The van der Waals surface area contributed by atoms with Gasteiger partial charge in [-0.05, 0) is 38.6 Å². The third-order valence-electron chi connectivity index (χ3n) is 4.73. The van der Waals surface area contributed by atoms with Crippen LogP contribution in [0.15, 0.2) is 12.2 Å². The normalized spacial score (nSPS) is 11.6. The summed E-state index contributed by atoms with van der Waals surface area (Å²) in [5, 5.41) is 23.9. The van der Waals surface area contributed by atoms with Crippen LogP contribution in [0.25, 0.3) is 0 Å². The summed E-state index contributed by atoms with van der Waals surface area (Å²) < 4.78 is 0. The molecule has 0 spiro atoms. The Labute approximate surface area is 222 Å². The van der Waals surface area contributed by atoms with Gasteiger partial charge in [0.15, 0.2) is 0 Å². The zero-order valence-corrected chi connectivity index (χ0v) is 23.2. The number of hydrogen-bond acceptors (Lipinski definition) is 5. The molecule has 0 aromatic rings. The van der Waals surface area contributed by atoms with Crippen LogP contribution in [0, 0.1) is 0 Å². The molecule has 5 nitrogen and oxygen atoms in total. The smallest absolute Gasteiger partial charge is 0.550 e. The molecule has 0 rings (SSSR count). The van der Waals surface area contributed by atoms with E-state index in [4.69, 9.17) is 0 Å². The number of allylic oxidation sites excluding steroid dienone is 2. The Morgan fingerprint density at radius 2 is 1.21 bits per heavy atom. The van der Waals surface area contributed by atoms with Crippen LogP contribution in [-0.4, -0.2) is 24.5 Å². The molecule has 0 fully saturated rings. The number of carbonyl (C=O) groups is 2. The van der Waals surface area contributed by atoms with Gasteiger partial charge in [0, 0.05) is 12.4 Å². The minimum Gasteiger partial charge on any atom is -0.550 e. The molecule has 0 aromatic carbocycles. The fourth-order valence-corrected chi connectivity index (χ4v) is 3.05. The SMILES string of the molecule is CCCCCCCC/C=C\CCCCCCCCN[C@@H](CC(=O)[O-])C(=O)[O-].[Na+].[Na+]. The molecule has 0 aromatic heterocycles. The van der Waals surface area contributed by atoms with Crippen molar-refractivity contribution < 1.29 is 78.9 Å². The van der Waals surface area contributed by atoms with E-state index in [0.29, 0.717) is 6.54 Å². The van der Waals surface area contributed by atoms with E-state index < -0.39 is 24.4 Å². The van der Waals surface area contributed by atoms with Crippen LogP contribution in [0.2, 0.25) is 0 Å². The number of nitrogens with one attached hydrogen (secondary N) is 1. The maximum atomic E-state index is 10.8. The van der Waals surface area contributed by atoms with Crippen LogP contribution in [0.1, 0.15) is 103 Å². The van der Waals surface area contributed by atoms with Crippen LogP contribution >= 0.6 is 0 Å². The van der Waals surface area contributed by atoms with Crippen LogP contribution in [0.4, 0.5) is 0 Å². The Hall–Kier alpha value is 0.640. The van der Waals surface area contributed by atoms with E-state index in [0.717, 1.165) is 25.7 Å². The molecule has 0 radical (unpaired) electrons. The van der Waals surface area contributed by atoms with Crippen LogP contribution in [0.3, 0.4) is 0 Å². The zero-order valence-electron chi connectivity index (χ0n) is 19.2. The molecule has 0 aliphatic rings. The van der Waals surface area contributed by atoms with Gasteiger partial charge in [0.05, 0.1) is 12.0 Å². The van der Waals surface area contributed by atoms with E-state index in [2.05, 4.69) is 24.4 Å². The van der Waals surface area contributed by atoms with Crippen molar-refractivity contribution in [2.75, 3.05) is 6.54 Å². The third kappa shape index (κ3) is 26.6. The fraction of sp³-hybridized carbons (Fsp3) is 0.818. The average Bonchev–Trinajstić information content (AvgIpc) is 2.62. The first-order chi connectivity index (χ1) is 13.1. The quantitative estimate of drug-likeness (QED) is 0.126. The molecule has 0 bridgehead atoms. The minimum atomic E-state index is -1.39. The molecule has 1 atom stereocenters. The average molecular weight is 428 g/mol. The maximum Gasteiger partial charge on any atom is 1.00 e. The first-order valence-electron chi connectivity index (χ1n) is 10.9. The Bertz CT molecular complexity index is 406. The molecule has 0 unspecified atom stereocenters. The largest absolute Gasteiger partial charge is 1.00 e. The second-order valence-electron chi connectivity index (χ2n) is 7.34. The number of hydrogen-bond donors (Lipinski definition) is 1. The molecular weight excluding hydrogens is 388 g/mol. The van der Waals surface area contributed by atoms with E-state index in [1.807, 2.05) is 0 Å². The molecule has 7 heteroatoms. The third-order valence-corrected chi connectivity index (χ3v) is 4.73. The molecule has 0 aliphatic heterocycles. The molecule has 1 N–H and O–H groups in total. The fourth-order valence-electron chi connectivity index (χ4n) is 3.05. The van der Waals surface area contributed by atoms with E-state index in [-0.39, 0.29) is 59.1 Å². The Morgan fingerprint density at radius 1 is 0.759 bits per heavy atom. The summed E-state index contributed by atoms with van der Waals surface area (Å²) in [7, 11) is 0. The summed E-state index contributed by atoms with van der Waals surface area (Å²) in [6.07, 6.45) is 21.2. The predicted molar refractivity (Wildman–Crippen MR) is 106 cm³/mol. The minimum absolute atomic E-state index is 0. The summed E-state index contributed by atoms with van der Waals surface area (Å²) in [4.78, 5) is 21.2. The van der Waals surface area contributed by atoms with Gasteiger partial charge in [-0.3, -0.25) is 0 Å². The summed E-state index contributed by atoms with van der Waals surface area (Å²) in [5.74, 6) is -2.76. The van der Waals surface area contributed by atoms with Crippen molar-refractivity contribution in [3.05, 3.63) is 12.2 Å². The van der Waals surface area contributed by atoms with Crippen molar-refractivity contribution in [2.24, 2.45) is 0 Å². The van der Waals surface area contributed by atoms with Gasteiger partial charge in [0.2, 0.25) is 0 Å². The molecule has 29 heavy (non-hydrogen) atoms. The molecule has 0 aliphatic carbocycles. The summed E-state index contributed by atoms with van der Waals surface area (Å²) in [5.41, 5.74) is 0. The Kier molecular flexibility index (Phi) is 31.5. The molecule has 158 valence electrons. The van der Waals surface area contributed by atoms with Gasteiger partial charge >= 0.3 is 59.1 Å². The zero-order chi connectivity index (χ0) is 20.2. The standard InChI is InChI=1S/C22H41NO4.2Na/c1-2-3-4-5-6-7-8-9-10-11-12-13-14-15-16-17-18-23-20(22(26)27)19-21(24)25;;/h9-10,20,23H,2-8,11-19H2,1H3,(H,24,25)(H,26,27);;/q;2*+1/p-2/b10-9-;;/t20-;;/m0../s1. The predicted octanol–water partition coefficient (Wildman–Crippen LogP) is -3.12. The van der Waals surface area contributed by atoms with E-state index >= 15 is 0 Å². The Morgan fingerprint density at radius 3 is 1.66 bits per heavy atom. The molecule has 0 saturated carbocycles. The first-order valence-corrected chi connectivity index (χ1v) is 10.9. The second-order valence-corrected chi connectivity index (χ2v) is 7.34. The monoisotopic (exact) mass is 427 g/mol. The van der Waals surface area contributed by atoms with E-state index in [1.165, 1.54) is 64.2 Å². The van der Waals surface area contributed by atoms with Gasteiger partial charge in [-0.25, -0.2) is 0 Å². The topological polar surface area (TPSA) is 92.3 Å². The van der Waals surface area contributed by atoms with E-state index in [9.17, 15) is 19.8 Å². The molecule has 0 heterocycles. The summed E-state index contributed by atoms with van der Waals surface area (Å²) in [6.45, 7) is 2.74. The Balaban J connectivity index is -0.00000338. The second kappa shape index (κ2) is 26.7. The van der Waals surface area contributed by atoms with Gasteiger partial charge in [-0.1, -0.05) is 76.9 Å². The number of carboxylic acids is 2. The van der Waals surface area contributed by atoms with Gasteiger partial charge in [0.1, 0.15) is 0 Å². The van der Waals surface area contributed by atoms with Gasteiger partial charge in [0.25, 0.3) is 0 Å². The summed E-state index contributed by atoms with van der Waals surface area (Å²) >= 11 is 0. The van der Waals surface area contributed by atoms with Crippen LogP contribution in [0.5, 0.6) is 0 Å².